The van der Waals surface area contributed by atoms with E-state index in [0.717, 1.165) is 11.5 Å². The lowest BCUT2D eigenvalue weighted by atomic mass is 10.2. The van der Waals surface area contributed by atoms with E-state index in [-0.39, 0.29) is 5.56 Å². The Labute approximate surface area is 101 Å². The van der Waals surface area contributed by atoms with Gasteiger partial charge in [-0.15, -0.1) is 5.10 Å². The zero-order valence-electron chi connectivity index (χ0n) is 9.12. The van der Waals surface area contributed by atoms with Crippen LogP contribution in [0.2, 0.25) is 0 Å². The number of carbonyl (C=O) groups is 1. The number of anilines is 1. The van der Waals surface area contributed by atoms with Gasteiger partial charge in [-0.2, -0.15) is 4.37 Å². The van der Waals surface area contributed by atoms with Crippen LogP contribution >= 0.6 is 11.5 Å². The topological polar surface area (TPSA) is 92.9 Å². The number of hydrogen-bond donors (Lipinski definition) is 2. The summed E-state index contributed by atoms with van der Waals surface area (Å²) in [4.78, 5) is 11.0. The van der Waals surface area contributed by atoms with Gasteiger partial charge in [0.1, 0.15) is 10.6 Å². The van der Waals surface area contributed by atoms with Gasteiger partial charge in [-0.1, -0.05) is 5.21 Å². The number of aryl methyl sites for hydroxylation is 1. The second-order valence-corrected chi connectivity index (χ2v) is 4.14. The molecule has 0 atom stereocenters. The van der Waals surface area contributed by atoms with Crippen molar-refractivity contribution < 1.29 is 9.90 Å². The van der Waals surface area contributed by atoms with Gasteiger partial charge in [0.2, 0.25) is 0 Å². The summed E-state index contributed by atoms with van der Waals surface area (Å²) in [6.45, 7) is 2.88. The average molecular weight is 253 g/mol. The number of carboxylic acid groups (broad SMARTS) is 1. The van der Waals surface area contributed by atoms with Crippen LogP contribution in [0, 0.1) is 6.92 Å². The number of hydrogen-bond acceptors (Lipinski definition) is 6. The zero-order chi connectivity index (χ0) is 12.3. The predicted molar refractivity (Wildman–Crippen MR) is 62.3 cm³/mol. The highest BCUT2D eigenvalue weighted by molar-refractivity contribution is 7.10. The monoisotopic (exact) mass is 253 g/mol. The maximum atomic E-state index is 11.0. The van der Waals surface area contributed by atoms with E-state index in [0.29, 0.717) is 23.8 Å². The van der Waals surface area contributed by atoms with Gasteiger partial charge in [-0.05, 0) is 18.5 Å². The van der Waals surface area contributed by atoms with Crippen LogP contribution in [0.3, 0.4) is 0 Å². The lowest BCUT2D eigenvalue weighted by Crippen LogP contribution is -2.12. The minimum absolute atomic E-state index is 0.244. The smallest absolute Gasteiger partial charge is 0.340 e. The van der Waals surface area contributed by atoms with Crippen LogP contribution in [0.5, 0.6) is 0 Å². The Kier molecular flexibility index (Phi) is 3.33. The molecule has 0 radical (unpaired) electrons. The van der Waals surface area contributed by atoms with Gasteiger partial charge in [0, 0.05) is 12.7 Å². The van der Waals surface area contributed by atoms with Gasteiger partial charge in [-0.25, -0.2) is 4.79 Å². The molecule has 2 aromatic heterocycles. The quantitative estimate of drug-likeness (QED) is 0.820. The van der Waals surface area contributed by atoms with Crippen molar-refractivity contribution >= 4 is 22.5 Å². The molecule has 17 heavy (non-hydrogen) atoms. The minimum Gasteiger partial charge on any atom is -0.478 e. The van der Waals surface area contributed by atoms with E-state index < -0.39 is 5.97 Å². The summed E-state index contributed by atoms with van der Waals surface area (Å²) < 4.78 is 5.69. The minimum atomic E-state index is -0.959. The lowest BCUT2D eigenvalue weighted by molar-refractivity contribution is 0.0697. The SMILES string of the molecule is Cc1nsc(NCCn2ccnn2)c1C(=O)O. The second kappa shape index (κ2) is 4.91. The molecule has 0 aliphatic carbocycles. The molecule has 8 heteroatoms. The first-order valence-electron chi connectivity index (χ1n) is 4.96. The Hall–Kier alpha value is -1.96. The highest BCUT2D eigenvalue weighted by Gasteiger charge is 2.16. The number of aromatic nitrogens is 4. The standard InChI is InChI=1S/C9H11N5O2S/c1-6-7(9(15)16)8(17-12-6)10-2-4-14-5-3-11-13-14/h3,5,10H,2,4H2,1H3,(H,15,16). The van der Waals surface area contributed by atoms with Gasteiger partial charge in [-0.3, -0.25) is 4.68 Å². The third kappa shape index (κ3) is 2.59. The highest BCUT2D eigenvalue weighted by atomic mass is 32.1. The average Bonchev–Trinajstić information content (AvgIpc) is 2.88. The van der Waals surface area contributed by atoms with Crippen molar-refractivity contribution in [1.29, 1.82) is 0 Å². The molecule has 7 nitrogen and oxygen atoms in total. The molecule has 0 saturated heterocycles. The van der Waals surface area contributed by atoms with Crippen LogP contribution in [0.15, 0.2) is 12.4 Å². The molecule has 0 amide bonds. The summed E-state index contributed by atoms with van der Waals surface area (Å²) in [6, 6.07) is 0. The summed E-state index contributed by atoms with van der Waals surface area (Å²) in [5.41, 5.74) is 0.777. The van der Waals surface area contributed by atoms with Gasteiger partial charge < -0.3 is 10.4 Å². The second-order valence-electron chi connectivity index (χ2n) is 3.37. The lowest BCUT2D eigenvalue weighted by Gasteiger charge is -2.04. The van der Waals surface area contributed by atoms with Gasteiger partial charge >= 0.3 is 5.97 Å². The summed E-state index contributed by atoms with van der Waals surface area (Å²) >= 11 is 1.15. The van der Waals surface area contributed by atoms with E-state index in [2.05, 4.69) is 20.0 Å². The van der Waals surface area contributed by atoms with Crippen LogP contribution < -0.4 is 5.32 Å². The van der Waals surface area contributed by atoms with Crippen LogP contribution in [0.4, 0.5) is 5.00 Å². The van der Waals surface area contributed by atoms with E-state index in [1.807, 2.05) is 0 Å². The van der Waals surface area contributed by atoms with Crippen molar-refractivity contribution in [3.63, 3.8) is 0 Å². The molecule has 90 valence electrons. The molecular weight excluding hydrogens is 242 g/mol. The maximum absolute atomic E-state index is 11.0. The molecule has 0 aliphatic heterocycles. The molecule has 2 rings (SSSR count). The number of carboxylic acids is 1. The zero-order valence-corrected chi connectivity index (χ0v) is 9.94. The number of nitrogens with one attached hydrogen (secondary N) is 1. The van der Waals surface area contributed by atoms with E-state index in [1.54, 1.807) is 24.0 Å². The highest BCUT2D eigenvalue weighted by Crippen LogP contribution is 2.23. The fourth-order valence-corrected chi connectivity index (χ4v) is 2.19. The Bertz CT molecular complexity index is 507. The summed E-state index contributed by atoms with van der Waals surface area (Å²) in [5.74, 6) is -0.959. The molecule has 2 aromatic rings. The van der Waals surface area contributed by atoms with Crippen molar-refractivity contribution in [3.8, 4) is 0 Å². The Morgan fingerprint density at radius 3 is 3.12 bits per heavy atom. The van der Waals surface area contributed by atoms with Crippen molar-refractivity contribution in [3.05, 3.63) is 23.7 Å². The van der Waals surface area contributed by atoms with E-state index in [9.17, 15) is 4.79 Å². The predicted octanol–water partition coefficient (Wildman–Crippen LogP) is 0.853. The van der Waals surface area contributed by atoms with E-state index in [4.69, 9.17) is 5.11 Å². The Morgan fingerprint density at radius 2 is 2.47 bits per heavy atom. The van der Waals surface area contributed by atoms with Crippen LogP contribution in [-0.2, 0) is 6.54 Å². The van der Waals surface area contributed by atoms with E-state index in [1.165, 1.54) is 0 Å². The van der Waals surface area contributed by atoms with Crippen molar-refractivity contribution in [1.82, 2.24) is 19.4 Å². The first-order chi connectivity index (χ1) is 8.18. The van der Waals surface area contributed by atoms with Gasteiger partial charge in [0.15, 0.2) is 0 Å². The third-order valence-electron chi connectivity index (χ3n) is 2.17. The molecule has 0 spiro atoms. The molecule has 0 aromatic carbocycles. The Morgan fingerprint density at radius 1 is 1.65 bits per heavy atom. The van der Waals surface area contributed by atoms with Gasteiger partial charge in [0.25, 0.3) is 0 Å². The molecule has 0 unspecified atom stereocenters. The molecule has 0 saturated carbocycles. The molecule has 2 N–H and O–H groups in total. The molecule has 0 fully saturated rings. The van der Waals surface area contributed by atoms with Crippen LogP contribution in [0.25, 0.3) is 0 Å². The fraction of sp³-hybridized carbons (Fsp3) is 0.333. The Balaban J connectivity index is 1.97. The molecule has 0 aliphatic rings. The largest absolute Gasteiger partial charge is 0.478 e. The van der Waals surface area contributed by atoms with Crippen LogP contribution in [-0.4, -0.2) is 37.0 Å². The number of aromatic carboxylic acids is 1. The first-order valence-corrected chi connectivity index (χ1v) is 5.73. The summed E-state index contributed by atoms with van der Waals surface area (Å²) in [5, 5.41) is 20.1. The van der Waals surface area contributed by atoms with Crippen molar-refractivity contribution in [2.45, 2.75) is 13.5 Å². The normalized spacial score (nSPS) is 10.4. The first kappa shape index (κ1) is 11.5. The molecule has 0 bridgehead atoms. The number of rotatable bonds is 5. The van der Waals surface area contributed by atoms with Crippen molar-refractivity contribution in [2.75, 3.05) is 11.9 Å². The van der Waals surface area contributed by atoms with Crippen LogP contribution in [0.1, 0.15) is 16.1 Å². The summed E-state index contributed by atoms with van der Waals surface area (Å²) in [6.07, 6.45) is 3.34. The van der Waals surface area contributed by atoms with Crippen molar-refractivity contribution in [2.24, 2.45) is 0 Å². The van der Waals surface area contributed by atoms with E-state index >= 15 is 0 Å². The maximum Gasteiger partial charge on any atom is 0.340 e. The number of nitrogens with zero attached hydrogens (tertiary/aromatic N) is 4. The third-order valence-corrected chi connectivity index (χ3v) is 3.07. The summed E-state index contributed by atoms with van der Waals surface area (Å²) in [7, 11) is 0. The van der Waals surface area contributed by atoms with Gasteiger partial charge in [0.05, 0.1) is 18.4 Å². The molecule has 2 heterocycles. The molecular formula is C9H11N5O2S. The fourth-order valence-electron chi connectivity index (χ4n) is 1.38.